The second kappa shape index (κ2) is 5.35. The molecule has 1 saturated heterocycles. The molecule has 2 fully saturated rings. The summed E-state index contributed by atoms with van der Waals surface area (Å²) in [7, 11) is 0. The molecule has 3 rings (SSSR count). The van der Waals surface area contributed by atoms with Gasteiger partial charge in [0.2, 0.25) is 11.8 Å². The van der Waals surface area contributed by atoms with Crippen LogP contribution >= 0.6 is 22.6 Å². The summed E-state index contributed by atoms with van der Waals surface area (Å²) in [6.45, 7) is 2.28. The summed E-state index contributed by atoms with van der Waals surface area (Å²) in [5.41, 5.74) is 1.08. The predicted molar refractivity (Wildman–Crippen MR) is 83.8 cm³/mol. The van der Waals surface area contributed by atoms with Crippen molar-refractivity contribution in [3.05, 3.63) is 33.4 Å². The van der Waals surface area contributed by atoms with E-state index in [1.165, 1.54) is 3.57 Å². The molecule has 1 aliphatic carbocycles. The molecule has 4 nitrogen and oxygen atoms in total. The van der Waals surface area contributed by atoms with Crippen molar-refractivity contribution in [1.29, 1.82) is 0 Å². The van der Waals surface area contributed by atoms with Crippen LogP contribution in [0.4, 0.5) is 0 Å². The molecule has 2 aliphatic rings. The number of amides is 2. The molecule has 2 amide bonds. The highest BCUT2D eigenvalue weighted by atomic mass is 127. The lowest BCUT2D eigenvalue weighted by Crippen LogP contribution is -2.62. The molecule has 1 aliphatic heterocycles. The number of rotatable bonds is 3. The minimum Gasteiger partial charge on any atom is -0.343 e. The van der Waals surface area contributed by atoms with Crippen molar-refractivity contribution >= 4 is 34.4 Å². The van der Waals surface area contributed by atoms with Gasteiger partial charge in [-0.1, -0.05) is 12.1 Å². The van der Waals surface area contributed by atoms with E-state index in [4.69, 9.17) is 0 Å². The summed E-state index contributed by atoms with van der Waals surface area (Å²) in [5.74, 6) is 0.375. The van der Waals surface area contributed by atoms with Crippen LogP contribution in [0.2, 0.25) is 0 Å². The molecule has 0 spiro atoms. The SMILES string of the molecule is CC1NC(=O)C(C2CC2)N(Cc2ccc(I)cc2)C1=O. The Kier molecular flexibility index (Phi) is 3.70. The smallest absolute Gasteiger partial charge is 0.245 e. The van der Waals surface area contributed by atoms with Gasteiger partial charge in [0, 0.05) is 10.1 Å². The Labute approximate surface area is 132 Å². The summed E-state index contributed by atoms with van der Waals surface area (Å²) in [6.07, 6.45) is 2.09. The minimum atomic E-state index is -0.415. The normalized spacial score (nSPS) is 26.6. The fourth-order valence-corrected chi connectivity index (χ4v) is 3.09. The molecule has 0 aromatic heterocycles. The van der Waals surface area contributed by atoms with Crippen LogP contribution < -0.4 is 5.32 Å². The third-order valence-corrected chi connectivity index (χ3v) is 4.67. The first-order valence-electron chi connectivity index (χ1n) is 6.91. The molecule has 2 atom stereocenters. The third-order valence-electron chi connectivity index (χ3n) is 3.95. The number of hydrogen-bond donors (Lipinski definition) is 1. The number of benzene rings is 1. The topological polar surface area (TPSA) is 49.4 Å². The zero-order chi connectivity index (χ0) is 14.3. The Morgan fingerprint density at radius 1 is 1.25 bits per heavy atom. The van der Waals surface area contributed by atoms with E-state index in [1.54, 1.807) is 11.8 Å². The van der Waals surface area contributed by atoms with Gasteiger partial charge in [-0.3, -0.25) is 9.59 Å². The van der Waals surface area contributed by atoms with Gasteiger partial charge in [-0.05, 0) is 66.0 Å². The van der Waals surface area contributed by atoms with Gasteiger partial charge in [0.05, 0.1) is 0 Å². The van der Waals surface area contributed by atoms with E-state index in [1.807, 2.05) is 24.3 Å². The Bertz CT molecular complexity index is 539. The molecule has 20 heavy (non-hydrogen) atoms. The van der Waals surface area contributed by atoms with Crippen molar-refractivity contribution in [2.45, 2.75) is 38.4 Å². The van der Waals surface area contributed by atoms with E-state index < -0.39 is 6.04 Å². The quantitative estimate of drug-likeness (QED) is 0.810. The second-order valence-electron chi connectivity index (χ2n) is 5.61. The van der Waals surface area contributed by atoms with Crippen LogP contribution in [0.15, 0.2) is 24.3 Å². The number of nitrogens with one attached hydrogen (secondary N) is 1. The number of piperazine rings is 1. The van der Waals surface area contributed by atoms with Crippen molar-refractivity contribution in [1.82, 2.24) is 10.2 Å². The van der Waals surface area contributed by atoms with Gasteiger partial charge in [0.15, 0.2) is 0 Å². The van der Waals surface area contributed by atoms with E-state index in [0.717, 1.165) is 18.4 Å². The highest BCUT2D eigenvalue weighted by Crippen LogP contribution is 2.37. The molecule has 106 valence electrons. The molecule has 1 N–H and O–H groups in total. The summed E-state index contributed by atoms with van der Waals surface area (Å²) in [4.78, 5) is 26.3. The van der Waals surface area contributed by atoms with Crippen molar-refractivity contribution in [3.63, 3.8) is 0 Å². The molecule has 1 aromatic carbocycles. The Hall–Kier alpha value is -1.11. The zero-order valence-electron chi connectivity index (χ0n) is 11.3. The highest BCUT2D eigenvalue weighted by Gasteiger charge is 2.46. The third kappa shape index (κ3) is 2.68. The molecular weight excluding hydrogens is 367 g/mol. The van der Waals surface area contributed by atoms with Crippen LogP contribution in [0.3, 0.4) is 0 Å². The first-order chi connectivity index (χ1) is 9.56. The maximum absolute atomic E-state index is 12.4. The van der Waals surface area contributed by atoms with Gasteiger partial charge in [-0.25, -0.2) is 0 Å². The average Bonchev–Trinajstić information content (AvgIpc) is 3.22. The Morgan fingerprint density at radius 2 is 1.90 bits per heavy atom. The zero-order valence-corrected chi connectivity index (χ0v) is 13.5. The van der Waals surface area contributed by atoms with Crippen molar-refractivity contribution in [3.8, 4) is 0 Å². The summed E-state index contributed by atoms with van der Waals surface area (Å²) in [6, 6.07) is 7.41. The number of nitrogens with zero attached hydrogens (tertiary/aromatic N) is 1. The van der Waals surface area contributed by atoms with Crippen LogP contribution in [0.1, 0.15) is 25.3 Å². The van der Waals surface area contributed by atoms with E-state index in [9.17, 15) is 9.59 Å². The van der Waals surface area contributed by atoms with E-state index in [-0.39, 0.29) is 17.9 Å². The molecule has 5 heteroatoms. The first kappa shape index (κ1) is 13.9. The van der Waals surface area contributed by atoms with Gasteiger partial charge in [0.1, 0.15) is 12.1 Å². The molecule has 2 unspecified atom stereocenters. The van der Waals surface area contributed by atoms with Gasteiger partial charge < -0.3 is 10.2 Å². The largest absolute Gasteiger partial charge is 0.343 e. The van der Waals surface area contributed by atoms with E-state index in [0.29, 0.717) is 12.5 Å². The summed E-state index contributed by atoms with van der Waals surface area (Å²) >= 11 is 2.26. The number of carbonyl (C=O) groups is 2. The molecule has 0 bridgehead atoms. The molecule has 1 heterocycles. The predicted octanol–water partition coefficient (Wildman–Crippen LogP) is 1.92. The lowest BCUT2D eigenvalue weighted by Gasteiger charge is -2.38. The van der Waals surface area contributed by atoms with Gasteiger partial charge in [0.25, 0.3) is 0 Å². The standard InChI is InChI=1S/C15H17IN2O2/c1-9-15(20)18(8-10-2-6-12(16)7-3-10)13(11-4-5-11)14(19)17-9/h2-3,6-7,9,11,13H,4-5,8H2,1H3,(H,17,19). The Morgan fingerprint density at radius 3 is 2.50 bits per heavy atom. The first-order valence-corrected chi connectivity index (χ1v) is 7.99. The molecular formula is C15H17IN2O2. The van der Waals surface area contributed by atoms with Crippen molar-refractivity contribution in [2.24, 2.45) is 5.92 Å². The van der Waals surface area contributed by atoms with Crippen LogP contribution in [0.5, 0.6) is 0 Å². The number of carbonyl (C=O) groups excluding carboxylic acids is 2. The van der Waals surface area contributed by atoms with E-state index in [2.05, 4.69) is 27.9 Å². The molecule has 1 saturated carbocycles. The summed E-state index contributed by atoms with van der Waals surface area (Å²) < 4.78 is 1.17. The molecule has 1 aromatic rings. The van der Waals surface area contributed by atoms with Crippen LogP contribution in [-0.4, -0.2) is 28.8 Å². The lowest BCUT2D eigenvalue weighted by atomic mass is 10.0. The number of halogens is 1. The van der Waals surface area contributed by atoms with Gasteiger partial charge in [-0.2, -0.15) is 0 Å². The monoisotopic (exact) mass is 384 g/mol. The fourth-order valence-electron chi connectivity index (χ4n) is 2.73. The van der Waals surface area contributed by atoms with Crippen molar-refractivity contribution < 1.29 is 9.59 Å². The average molecular weight is 384 g/mol. The van der Waals surface area contributed by atoms with Gasteiger partial charge >= 0.3 is 0 Å². The van der Waals surface area contributed by atoms with E-state index >= 15 is 0 Å². The lowest BCUT2D eigenvalue weighted by molar-refractivity contribution is -0.150. The maximum Gasteiger partial charge on any atom is 0.245 e. The highest BCUT2D eigenvalue weighted by molar-refractivity contribution is 14.1. The van der Waals surface area contributed by atoms with Crippen LogP contribution in [0, 0.1) is 9.49 Å². The number of hydrogen-bond acceptors (Lipinski definition) is 2. The van der Waals surface area contributed by atoms with Crippen LogP contribution in [0.25, 0.3) is 0 Å². The Balaban J connectivity index is 1.84. The van der Waals surface area contributed by atoms with Gasteiger partial charge in [-0.15, -0.1) is 0 Å². The fraction of sp³-hybridized carbons (Fsp3) is 0.467. The molecule has 0 radical (unpaired) electrons. The second-order valence-corrected chi connectivity index (χ2v) is 6.85. The van der Waals surface area contributed by atoms with Crippen LogP contribution in [-0.2, 0) is 16.1 Å². The minimum absolute atomic E-state index is 0.00473. The maximum atomic E-state index is 12.4. The summed E-state index contributed by atoms with van der Waals surface area (Å²) in [5, 5.41) is 2.79. The van der Waals surface area contributed by atoms with Crippen molar-refractivity contribution in [2.75, 3.05) is 0 Å².